The molecule has 0 radical (unpaired) electrons. The van der Waals surface area contributed by atoms with Crippen LogP contribution in [-0.2, 0) is 16.0 Å². The molecule has 29 heavy (non-hydrogen) atoms. The highest BCUT2D eigenvalue weighted by atomic mass is 127. The Morgan fingerprint density at radius 2 is 2.14 bits per heavy atom. The van der Waals surface area contributed by atoms with E-state index in [4.69, 9.17) is 14.2 Å². The van der Waals surface area contributed by atoms with Crippen molar-refractivity contribution in [3.63, 3.8) is 0 Å². The van der Waals surface area contributed by atoms with Crippen molar-refractivity contribution < 1.29 is 14.2 Å². The second-order valence-electron chi connectivity index (χ2n) is 7.83. The maximum Gasteiger partial charge on any atom is 0.191 e. The molecule has 2 N–H and O–H groups in total. The van der Waals surface area contributed by atoms with Crippen LogP contribution in [0.3, 0.4) is 0 Å². The lowest BCUT2D eigenvalue weighted by atomic mass is 10.1. The molecule has 1 unspecified atom stereocenters. The third kappa shape index (κ3) is 10.5. The van der Waals surface area contributed by atoms with Gasteiger partial charge in [0.05, 0.1) is 13.2 Å². The topological polar surface area (TPSA) is 64.1 Å². The summed E-state index contributed by atoms with van der Waals surface area (Å²) in [6, 6.07) is 6.34. The van der Waals surface area contributed by atoms with Crippen molar-refractivity contribution in [1.29, 1.82) is 0 Å². The molecule has 0 saturated carbocycles. The molecule has 0 bridgehead atoms. The Morgan fingerprint density at radius 3 is 2.83 bits per heavy atom. The van der Waals surface area contributed by atoms with Crippen LogP contribution in [0, 0.1) is 18.8 Å². The molecular weight excluding hydrogens is 481 g/mol. The van der Waals surface area contributed by atoms with Gasteiger partial charge < -0.3 is 24.8 Å². The summed E-state index contributed by atoms with van der Waals surface area (Å²) < 4.78 is 17.2. The predicted octanol–water partition coefficient (Wildman–Crippen LogP) is 3.76. The Morgan fingerprint density at radius 1 is 1.31 bits per heavy atom. The van der Waals surface area contributed by atoms with Crippen LogP contribution in [0.25, 0.3) is 0 Å². The zero-order chi connectivity index (χ0) is 20.2. The molecule has 2 rings (SSSR count). The number of hydrogen-bond acceptors (Lipinski definition) is 4. The van der Waals surface area contributed by atoms with Crippen molar-refractivity contribution in [2.24, 2.45) is 16.8 Å². The zero-order valence-electron chi connectivity index (χ0n) is 18.3. The second kappa shape index (κ2) is 14.8. The molecule has 1 aliphatic heterocycles. The number of ether oxygens (including phenoxy) is 3. The summed E-state index contributed by atoms with van der Waals surface area (Å²) in [4.78, 5) is 4.30. The Bertz CT molecular complexity index is 605. The Kier molecular flexibility index (Phi) is 13.3. The van der Waals surface area contributed by atoms with Gasteiger partial charge in [0.25, 0.3) is 0 Å². The summed E-state index contributed by atoms with van der Waals surface area (Å²) in [7, 11) is 1.79. The van der Waals surface area contributed by atoms with E-state index in [0.29, 0.717) is 25.0 Å². The normalized spacial score (nSPS) is 16.6. The van der Waals surface area contributed by atoms with Gasteiger partial charge in [0.15, 0.2) is 5.96 Å². The second-order valence-corrected chi connectivity index (χ2v) is 7.83. The number of hydrogen-bond donors (Lipinski definition) is 2. The first-order valence-electron chi connectivity index (χ1n) is 10.4. The molecule has 1 atom stereocenters. The van der Waals surface area contributed by atoms with Gasteiger partial charge in [-0.25, -0.2) is 0 Å². The molecule has 166 valence electrons. The summed E-state index contributed by atoms with van der Waals surface area (Å²) in [5, 5.41) is 6.71. The third-order valence-electron chi connectivity index (χ3n) is 4.60. The van der Waals surface area contributed by atoms with Crippen molar-refractivity contribution in [2.45, 2.75) is 40.2 Å². The molecule has 1 aromatic rings. The predicted molar refractivity (Wildman–Crippen MR) is 129 cm³/mol. The largest absolute Gasteiger partial charge is 0.493 e. The molecular formula is C22H38IN3O3. The molecule has 0 aliphatic carbocycles. The van der Waals surface area contributed by atoms with Crippen LogP contribution in [0.15, 0.2) is 23.2 Å². The molecule has 0 spiro atoms. The molecule has 1 fully saturated rings. The Balaban J connectivity index is 0.00000420. The number of aliphatic imine (C=N–C) groups is 1. The maximum atomic E-state index is 6.12. The summed E-state index contributed by atoms with van der Waals surface area (Å²) in [5.41, 5.74) is 2.33. The van der Waals surface area contributed by atoms with E-state index in [9.17, 15) is 0 Å². The van der Waals surface area contributed by atoms with Gasteiger partial charge in [-0.3, -0.25) is 4.99 Å². The molecule has 1 saturated heterocycles. The van der Waals surface area contributed by atoms with Gasteiger partial charge in [-0.1, -0.05) is 26.0 Å². The van der Waals surface area contributed by atoms with Crippen molar-refractivity contribution in [1.82, 2.24) is 10.6 Å². The zero-order valence-corrected chi connectivity index (χ0v) is 20.7. The molecule has 1 heterocycles. The lowest BCUT2D eigenvalue weighted by molar-refractivity contribution is 0.108. The standard InChI is InChI=1S/C22H37N3O3.HI/c1-17(2)14-26-10-5-9-24-22(23-4)25-13-20-7-6-18(3)12-21(20)28-16-19-8-11-27-15-19;/h6-7,12,17,19H,5,8-11,13-16H2,1-4H3,(H2,23,24,25);1H. The number of guanidine groups is 1. The van der Waals surface area contributed by atoms with E-state index in [0.717, 1.165) is 63.1 Å². The van der Waals surface area contributed by atoms with Crippen LogP contribution in [0.2, 0.25) is 0 Å². The minimum absolute atomic E-state index is 0. The van der Waals surface area contributed by atoms with Crippen LogP contribution >= 0.6 is 24.0 Å². The number of aryl methyl sites for hydroxylation is 1. The highest BCUT2D eigenvalue weighted by Crippen LogP contribution is 2.22. The average molecular weight is 519 g/mol. The highest BCUT2D eigenvalue weighted by molar-refractivity contribution is 14.0. The van der Waals surface area contributed by atoms with E-state index >= 15 is 0 Å². The minimum atomic E-state index is 0. The smallest absolute Gasteiger partial charge is 0.191 e. The minimum Gasteiger partial charge on any atom is -0.493 e. The van der Waals surface area contributed by atoms with E-state index in [1.807, 2.05) is 0 Å². The summed E-state index contributed by atoms with van der Waals surface area (Å²) in [6.07, 6.45) is 2.03. The highest BCUT2D eigenvalue weighted by Gasteiger charge is 2.17. The van der Waals surface area contributed by atoms with Crippen molar-refractivity contribution in [3.05, 3.63) is 29.3 Å². The van der Waals surface area contributed by atoms with Gasteiger partial charge in [-0.15, -0.1) is 24.0 Å². The van der Waals surface area contributed by atoms with E-state index in [1.54, 1.807) is 7.05 Å². The Hall–Kier alpha value is -1.06. The first-order chi connectivity index (χ1) is 13.6. The van der Waals surface area contributed by atoms with Crippen LogP contribution in [0.1, 0.15) is 37.8 Å². The SMILES string of the molecule is CN=C(NCCCOCC(C)C)NCc1ccc(C)cc1OCC1CCOC1.I. The van der Waals surface area contributed by atoms with Gasteiger partial charge in [0.1, 0.15) is 5.75 Å². The van der Waals surface area contributed by atoms with Gasteiger partial charge in [0.2, 0.25) is 0 Å². The number of nitrogens with one attached hydrogen (secondary N) is 2. The van der Waals surface area contributed by atoms with Crippen molar-refractivity contribution >= 4 is 29.9 Å². The van der Waals surface area contributed by atoms with Gasteiger partial charge in [-0.2, -0.15) is 0 Å². The molecule has 6 nitrogen and oxygen atoms in total. The van der Waals surface area contributed by atoms with E-state index in [2.05, 4.69) is 54.6 Å². The fourth-order valence-electron chi connectivity index (χ4n) is 2.96. The van der Waals surface area contributed by atoms with Crippen LogP contribution in [-0.4, -0.2) is 52.6 Å². The quantitative estimate of drug-likeness (QED) is 0.202. The van der Waals surface area contributed by atoms with Crippen LogP contribution in [0.4, 0.5) is 0 Å². The first-order valence-corrected chi connectivity index (χ1v) is 10.4. The van der Waals surface area contributed by atoms with Crippen LogP contribution in [0.5, 0.6) is 5.75 Å². The van der Waals surface area contributed by atoms with Gasteiger partial charge in [-0.05, 0) is 37.3 Å². The third-order valence-corrected chi connectivity index (χ3v) is 4.60. The fraction of sp³-hybridized carbons (Fsp3) is 0.682. The van der Waals surface area contributed by atoms with Crippen LogP contribution < -0.4 is 15.4 Å². The van der Waals surface area contributed by atoms with Gasteiger partial charge in [0, 0.05) is 51.4 Å². The molecule has 1 aliphatic rings. The van der Waals surface area contributed by atoms with Gasteiger partial charge >= 0.3 is 0 Å². The van der Waals surface area contributed by atoms with Crippen molar-refractivity contribution in [2.75, 3.05) is 46.6 Å². The van der Waals surface area contributed by atoms with E-state index in [1.165, 1.54) is 5.56 Å². The first kappa shape index (κ1) is 26.0. The summed E-state index contributed by atoms with van der Waals surface area (Å²) in [6.45, 7) is 11.8. The summed E-state index contributed by atoms with van der Waals surface area (Å²) in [5.74, 6) is 2.81. The van der Waals surface area contributed by atoms with E-state index in [-0.39, 0.29) is 24.0 Å². The number of benzene rings is 1. The molecule has 1 aromatic carbocycles. The number of rotatable bonds is 11. The molecule has 0 amide bonds. The molecule has 7 heteroatoms. The molecule has 0 aromatic heterocycles. The maximum absolute atomic E-state index is 6.12. The monoisotopic (exact) mass is 519 g/mol. The number of nitrogens with zero attached hydrogens (tertiary/aromatic N) is 1. The summed E-state index contributed by atoms with van der Waals surface area (Å²) >= 11 is 0. The lowest BCUT2D eigenvalue weighted by Gasteiger charge is -2.17. The van der Waals surface area contributed by atoms with Crippen molar-refractivity contribution in [3.8, 4) is 5.75 Å². The lowest BCUT2D eigenvalue weighted by Crippen LogP contribution is -2.37. The number of halogens is 1. The average Bonchev–Trinajstić information content (AvgIpc) is 3.19. The Labute approximate surface area is 193 Å². The fourth-order valence-corrected chi connectivity index (χ4v) is 2.96. The van der Waals surface area contributed by atoms with E-state index < -0.39 is 0 Å².